The zero-order valence-corrected chi connectivity index (χ0v) is 23.8. The lowest BCUT2D eigenvalue weighted by atomic mass is 9.93. The number of nitrogens with zero attached hydrogens (tertiary/aromatic N) is 2. The molecule has 1 amide bonds. The maximum absolute atomic E-state index is 13.2. The van der Waals surface area contributed by atoms with Crippen LogP contribution in [0.5, 0.6) is 5.75 Å². The molecule has 1 N–H and O–H groups in total. The largest absolute Gasteiger partial charge is 0.464 e. The van der Waals surface area contributed by atoms with E-state index in [2.05, 4.69) is 31.4 Å². The van der Waals surface area contributed by atoms with Crippen LogP contribution in [0.25, 0.3) is 21.9 Å². The molecule has 0 radical (unpaired) electrons. The van der Waals surface area contributed by atoms with Crippen molar-refractivity contribution >= 4 is 55.4 Å². The summed E-state index contributed by atoms with van der Waals surface area (Å²) in [5, 5.41) is 6.20. The first-order valence-corrected chi connectivity index (χ1v) is 13.8. The van der Waals surface area contributed by atoms with Crippen LogP contribution in [0, 0.1) is 20.8 Å². The molecule has 1 aliphatic rings. The van der Waals surface area contributed by atoms with Crippen molar-refractivity contribution in [3.8, 4) is 5.75 Å². The number of rotatable bonds is 5. The number of hydrazone groups is 1. The van der Waals surface area contributed by atoms with Crippen molar-refractivity contribution in [1.82, 2.24) is 10.4 Å². The molecule has 5 aromatic rings. The number of ether oxygens (including phenoxy) is 1. The second kappa shape index (κ2) is 10.4. The van der Waals surface area contributed by atoms with Crippen LogP contribution in [0.2, 0.25) is 0 Å². The number of furan rings is 2. The number of carbonyl (C=O) groups is 2. The molecular weight excluding hydrogens is 574 g/mol. The number of benzene rings is 2. The minimum Gasteiger partial charge on any atom is -0.464 e. The zero-order chi connectivity index (χ0) is 28.0. The van der Waals surface area contributed by atoms with Crippen LogP contribution >= 0.6 is 15.9 Å². The van der Waals surface area contributed by atoms with Crippen molar-refractivity contribution in [1.29, 1.82) is 0 Å². The van der Waals surface area contributed by atoms with Crippen LogP contribution in [-0.4, -0.2) is 22.6 Å². The second-order valence-electron chi connectivity index (χ2n) is 9.96. The summed E-state index contributed by atoms with van der Waals surface area (Å²) in [5.41, 5.74) is 9.12. The van der Waals surface area contributed by atoms with Gasteiger partial charge in [0.25, 0.3) is 0 Å². The van der Waals surface area contributed by atoms with Gasteiger partial charge in [0.2, 0.25) is 11.7 Å². The quantitative estimate of drug-likeness (QED) is 0.134. The monoisotopic (exact) mass is 599 g/mol. The van der Waals surface area contributed by atoms with E-state index in [4.69, 9.17) is 13.6 Å². The Kier molecular flexibility index (Phi) is 6.75. The molecule has 9 heteroatoms. The number of hydrogen-bond acceptors (Lipinski definition) is 7. The first-order chi connectivity index (χ1) is 19.3. The molecule has 0 saturated carbocycles. The molecule has 2 aromatic carbocycles. The van der Waals surface area contributed by atoms with E-state index in [9.17, 15) is 9.59 Å². The summed E-state index contributed by atoms with van der Waals surface area (Å²) in [4.78, 5) is 30.4. The van der Waals surface area contributed by atoms with Gasteiger partial charge in [0.05, 0.1) is 18.4 Å². The Balaban J connectivity index is 1.22. The SMILES string of the molecule is Cc1ccc2c(CC(=O)N/N=C3\CCCc4oc(C(=O)Oc5ccc(Br)c6cccnc56)c(C)c43)coc2c1C. The number of amides is 1. The summed E-state index contributed by atoms with van der Waals surface area (Å²) in [6.45, 7) is 5.84. The first-order valence-electron chi connectivity index (χ1n) is 13.0. The topological polar surface area (TPSA) is 107 Å². The highest BCUT2D eigenvalue weighted by molar-refractivity contribution is 9.10. The summed E-state index contributed by atoms with van der Waals surface area (Å²) in [5.74, 6) is 0.261. The van der Waals surface area contributed by atoms with E-state index >= 15 is 0 Å². The van der Waals surface area contributed by atoms with Gasteiger partial charge in [-0.1, -0.05) is 34.1 Å². The highest BCUT2D eigenvalue weighted by Crippen LogP contribution is 2.33. The van der Waals surface area contributed by atoms with E-state index in [1.165, 1.54) is 0 Å². The third-order valence-electron chi connectivity index (χ3n) is 7.40. The third kappa shape index (κ3) is 4.60. The van der Waals surface area contributed by atoms with E-state index in [-0.39, 0.29) is 18.1 Å². The van der Waals surface area contributed by atoms with Gasteiger partial charge in [-0.05, 0) is 62.9 Å². The summed E-state index contributed by atoms with van der Waals surface area (Å²) >= 11 is 3.51. The van der Waals surface area contributed by atoms with E-state index in [1.807, 2.05) is 51.1 Å². The number of carbonyl (C=O) groups excluding carboxylic acids is 2. The van der Waals surface area contributed by atoms with Crippen LogP contribution in [0.3, 0.4) is 0 Å². The van der Waals surface area contributed by atoms with Crippen molar-refractivity contribution in [2.24, 2.45) is 5.10 Å². The number of aromatic nitrogens is 1. The highest BCUT2D eigenvalue weighted by Gasteiger charge is 2.29. The Morgan fingerprint density at radius 1 is 1.07 bits per heavy atom. The van der Waals surface area contributed by atoms with E-state index < -0.39 is 5.97 Å². The molecule has 1 aliphatic carbocycles. The Bertz CT molecular complexity index is 1850. The van der Waals surface area contributed by atoms with Gasteiger partial charge in [0.15, 0.2) is 5.75 Å². The molecule has 6 rings (SSSR count). The molecule has 3 aromatic heterocycles. The Morgan fingerprint density at radius 3 is 2.77 bits per heavy atom. The normalized spacial score (nSPS) is 14.1. The molecule has 0 spiro atoms. The average molecular weight is 600 g/mol. The minimum atomic E-state index is -0.609. The van der Waals surface area contributed by atoms with Gasteiger partial charge in [-0.25, -0.2) is 10.2 Å². The highest BCUT2D eigenvalue weighted by atomic mass is 79.9. The Labute approximate surface area is 238 Å². The molecule has 40 heavy (non-hydrogen) atoms. The van der Waals surface area contributed by atoms with Crippen molar-refractivity contribution in [3.63, 3.8) is 0 Å². The minimum absolute atomic E-state index is 0.119. The lowest BCUT2D eigenvalue weighted by Gasteiger charge is -2.13. The lowest BCUT2D eigenvalue weighted by molar-refractivity contribution is -0.120. The van der Waals surface area contributed by atoms with Gasteiger partial charge < -0.3 is 13.6 Å². The second-order valence-corrected chi connectivity index (χ2v) is 10.8. The fourth-order valence-electron chi connectivity index (χ4n) is 5.18. The predicted molar refractivity (Wildman–Crippen MR) is 155 cm³/mol. The van der Waals surface area contributed by atoms with E-state index in [0.29, 0.717) is 41.1 Å². The third-order valence-corrected chi connectivity index (χ3v) is 8.09. The smallest absolute Gasteiger partial charge is 0.380 e. The standard InChI is InChI=1S/C31H26BrN3O5/c1-16-9-10-20-19(15-38-29(20)17(16)2)14-26(36)35-34-23-7-4-8-24-27(23)18(3)30(39-24)31(37)40-25-12-11-22(32)21-6-5-13-33-28(21)25/h5-6,9-13,15H,4,7-8,14H2,1-3H3,(H,35,36)/b34-23+. The number of esters is 1. The van der Waals surface area contributed by atoms with Crippen molar-refractivity contribution in [3.05, 3.63) is 92.7 Å². The molecule has 0 aliphatic heterocycles. The Hall–Kier alpha value is -4.24. The van der Waals surface area contributed by atoms with Gasteiger partial charge in [-0.3, -0.25) is 9.78 Å². The van der Waals surface area contributed by atoms with Gasteiger partial charge in [0, 0.05) is 44.6 Å². The van der Waals surface area contributed by atoms with Crippen molar-refractivity contribution < 1.29 is 23.2 Å². The van der Waals surface area contributed by atoms with Crippen LogP contribution in [0.4, 0.5) is 0 Å². The fraction of sp³-hybridized carbons (Fsp3) is 0.226. The van der Waals surface area contributed by atoms with Crippen LogP contribution in [0.1, 0.15) is 57.0 Å². The maximum Gasteiger partial charge on any atom is 0.380 e. The number of halogens is 1. The van der Waals surface area contributed by atoms with E-state index in [0.717, 1.165) is 49.5 Å². The van der Waals surface area contributed by atoms with Gasteiger partial charge in [-0.2, -0.15) is 5.10 Å². The molecule has 0 fully saturated rings. The molecule has 0 bridgehead atoms. The van der Waals surface area contributed by atoms with E-state index in [1.54, 1.807) is 18.5 Å². The molecule has 3 heterocycles. The van der Waals surface area contributed by atoms with Crippen molar-refractivity contribution in [2.45, 2.75) is 46.5 Å². The van der Waals surface area contributed by atoms with Gasteiger partial charge in [0.1, 0.15) is 16.9 Å². The summed E-state index contributed by atoms with van der Waals surface area (Å²) in [6, 6.07) is 11.2. The van der Waals surface area contributed by atoms with Crippen LogP contribution in [0.15, 0.2) is 67.3 Å². The van der Waals surface area contributed by atoms with Gasteiger partial charge >= 0.3 is 5.97 Å². The summed E-state index contributed by atoms with van der Waals surface area (Å²) in [6.07, 6.45) is 5.52. The van der Waals surface area contributed by atoms with Crippen LogP contribution < -0.4 is 10.2 Å². The number of pyridine rings is 1. The summed E-state index contributed by atoms with van der Waals surface area (Å²) < 4.78 is 18.3. The molecule has 0 unspecified atom stereocenters. The maximum atomic E-state index is 13.2. The molecule has 202 valence electrons. The van der Waals surface area contributed by atoms with Gasteiger partial charge in [-0.15, -0.1) is 0 Å². The zero-order valence-electron chi connectivity index (χ0n) is 22.3. The van der Waals surface area contributed by atoms with Crippen molar-refractivity contribution in [2.75, 3.05) is 0 Å². The van der Waals surface area contributed by atoms with Crippen LogP contribution in [-0.2, 0) is 17.6 Å². The number of aryl methyl sites for hydroxylation is 3. The number of nitrogens with one attached hydrogen (secondary N) is 1. The molecule has 0 atom stereocenters. The Morgan fingerprint density at radius 2 is 1.93 bits per heavy atom. The number of hydrogen-bond donors (Lipinski definition) is 1. The number of fused-ring (bicyclic) bond motifs is 3. The first kappa shape index (κ1) is 26.0. The molecular formula is C31H26BrN3O5. The fourth-order valence-corrected chi connectivity index (χ4v) is 5.64. The molecule has 0 saturated heterocycles. The average Bonchev–Trinajstić information content (AvgIpc) is 3.52. The lowest BCUT2D eigenvalue weighted by Crippen LogP contribution is -2.23. The molecule has 8 nitrogen and oxygen atoms in total. The predicted octanol–water partition coefficient (Wildman–Crippen LogP) is 6.88. The summed E-state index contributed by atoms with van der Waals surface area (Å²) in [7, 11) is 0.